The predicted octanol–water partition coefficient (Wildman–Crippen LogP) is 0.132. The largest absolute Gasteiger partial charge is 0.460 e. The average Bonchev–Trinajstić information content (AvgIpc) is 2.74. The topological polar surface area (TPSA) is 78.9 Å². The summed E-state index contributed by atoms with van der Waals surface area (Å²) in [4.78, 5) is 11.4. The van der Waals surface area contributed by atoms with E-state index in [4.69, 9.17) is 4.74 Å². The van der Waals surface area contributed by atoms with Gasteiger partial charge in [-0.1, -0.05) is 0 Å². The van der Waals surface area contributed by atoms with E-state index in [0.717, 1.165) is 25.7 Å². The Bertz CT molecular complexity index is 342. The van der Waals surface area contributed by atoms with Crippen LogP contribution >= 0.6 is 0 Å². The fourth-order valence-electron chi connectivity index (χ4n) is 1.70. The first-order valence-electron chi connectivity index (χ1n) is 4.85. The van der Waals surface area contributed by atoms with Crippen LogP contribution in [0, 0.1) is 0 Å². The first-order chi connectivity index (χ1) is 7.07. The van der Waals surface area contributed by atoms with E-state index < -0.39 is 22.5 Å². The zero-order chi connectivity index (χ0) is 10.9. The number of hydrogen-bond donors (Lipinski definition) is 0. The minimum atomic E-state index is -3.97. The lowest BCUT2D eigenvalue weighted by molar-refractivity contribution is -0.156. The molecule has 15 heavy (non-hydrogen) atoms. The molecule has 0 amide bonds. The monoisotopic (exact) mass is 236 g/mol. The van der Waals surface area contributed by atoms with Crippen molar-refractivity contribution in [3.8, 4) is 0 Å². The Morgan fingerprint density at radius 1 is 1.27 bits per heavy atom. The van der Waals surface area contributed by atoms with E-state index in [0.29, 0.717) is 0 Å². The van der Waals surface area contributed by atoms with Gasteiger partial charge in [-0.05, 0) is 25.7 Å². The summed E-state index contributed by atoms with van der Waals surface area (Å²) in [5.41, 5.74) is 0. The highest BCUT2D eigenvalue weighted by molar-refractivity contribution is 7.82. The van der Waals surface area contributed by atoms with Crippen LogP contribution in [0.1, 0.15) is 25.7 Å². The zero-order valence-electron chi connectivity index (χ0n) is 8.05. The van der Waals surface area contributed by atoms with Crippen LogP contribution in [0.25, 0.3) is 0 Å². The minimum absolute atomic E-state index is 0.0931. The zero-order valence-corrected chi connectivity index (χ0v) is 8.86. The predicted molar refractivity (Wildman–Crippen MR) is 48.1 cm³/mol. The lowest BCUT2D eigenvalue weighted by atomic mass is 10.3. The van der Waals surface area contributed by atoms with Crippen molar-refractivity contribution in [3.05, 3.63) is 0 Å². The quantitative estimate of drug-likeness (QED) is 0.634. The van der Waals surface area contributed by atoms with Crippen LogP contribution in [-0.2, 0) is 28.3 Å². The number of ether oxygens (including phenoxy) is 1. The van der Waals surface area contributed by atoms with Gasteiger partial charge in [-0.15, -0.1) is 0 Å². The van der Waals surface area contributed by atoms with Gasteiger partial charge < -0.3 is 4.74 Å². The third-order valence-electron chi connectivity index (χ3n) is 2.45. The highest BCUT2D eigenvalue weighted by Crippen LogP contribution is 2.23. The number of esters is 1. The van der Waals surface area contributed by atoms with Crippen LogP contribution in [0.4, 0.5) is 0 Å². The second kappa shape index (κ2) is 4.07. The van der Waals surface area contributed by atoms with Gasteiger partial charge in [0.15, 0.2) is 0 Å². The van der Waals surface area contributed by atoms with E-state index in [1.807, 2.05) is 0 Å². The minimum Gasteiger partial charge on any atom is -0.460 e. The molecule has 0 aromatic carbocycles. The highest BCUT2D eigenvalue weighted by atomic mass is 32.3. The molecule has 0 radical (unpaired) electrons. The molecule has 2 aliphatic rings. The molecule has 1 atom stereocenters. The molecule has 1 heterocycles. The summed E-state index contributed by atoms with van der Waals surface area (Å²) in [6.07, 6.45) is 2.54. The first kappa shape index (κ1) is 10.8. The van der Waals surface area contributed by atoms with Gasteiger partial charge in [-0.2, -0.15) is 8.42 Å². The van der Waals surface area contributed by atoms with Crippen LogP contribution in [-0.4, -0.2) is 33.2 Å². The van der Waals surface area contributed by atoms with E-state index in [1.165, 1.54) is 0 Å². The maximum absolute atomic E-state index is 11.4. The third-order valence-corrected chi connectivity index (χ3v) is 3.34. The molecule has 0 bridgehead atoms. The molecule has 1 unspecified atom stereocenters. The second-order valence-corrected chi connectivity index (χ2v) is 4.87. The molecule has 2 rings (SSSR count). The molecule has 0 aromatic heterocycles. The van der Waals surface area contributed by atoms with Gasteiger partial charge in [0.05, 0.1) is 0 Å². The fraction of sp³-hybridized carbons (Fsp3) is 0.875. The molecule has 1 aliphatic heterocycles. The van der Waals surface area contributed by atoms with Gasteiger partial charge in [0, 0.05) is 0 Å². The molecular weight excluding hydrogens is 224 g/mol. The standard InChI is InChI=1S/C8H12O6S/c9-8(13-6-3-1-2-4-6)7-5-12-15(10,11)14-7/h6-7H,1-5H2. The lowest BCUT2D eigenvalue weighted by Gasteiger charge is -2.12. The summed E-state index contributed by atoms with van der Waals surface area (Å²) in [6.45, 7) is -0.284. The number of carbonyl (C=O) groups is 1. The van der Waals surface area contributed by atoms with Crippen molar-refractivity contribution in [2.24, 2.45) is 0 Å². The molecule has 6 nitrogen and oxygen atoms in total. The summed E-state index contributed by atoms with van der Waals surface area (Å²) in [5.74, 6) is -0.650. The Balaban J connectivity index is 1.86. The van der Waals surface area contributed by atoms with Crippen LogP contribution in [0.3, 0.4) is 0 Å². The van der Waals surface area contributed by atoms with Crippen LogP contribution in [0.15, 0.2) is 0 Å². The second-order valence-electron chi connectivity index (χ2n) is 3.62. The summed E-state index contributed by atoms with van der Waals surface area (Å²) in [6, 6.07) is 0. The average molecular weight is 236 g/mol. The Labute approximate surface area is 87.8 Å². The Kier molecular flexibility index (Phi) is 2.94. The van der Waals surface area contributed by atoms with Gasteiger partial charge in [-0.3, -0.25) is 0 Å². The van der Waals surface area contributed by atoms with Crippen LogP contribution in [0.2, 0.25) is 0 Å². The Morgan fingerprint density at radius 2 is 1.93 bits per heavy atom. The lowest BCUT2D eigenvalue weighted by Crippen LogP contribution is -2.28. The van der Waals surface area contributed by atoms with Gasteiger partial charge in [0.1, 0.15) is 12.7 Å². The van der Waals surface area contributed by atoms with E-state index in [2.05, 4.69) is 8.37 Å². The summed E-state index contributed by atoms with van der Waals surface area (Å²) < 4.78 is 35.2. The van der Waals surface area contributed by atoms with Crippen molar-refractivity contribution in [2.45, 2.75) is 37.9 Å². The van der Waals surface area contributed by atoms with E-state index >= 15 is 0 Å². The molecule has 0 aromatic rings. The Hall–Kier alpha value is -0.660. The van der Waals surface area contributed by atoms with E-state index in [1.54, 1.807) is 0 Å². The highest BCUT2D eigenvalue weighted by Gasteiger charge is 2.37. The molecule has 1 saturated heterocycles. The van der Waals surface area contributed by atoms with Gasteiger partial charge in [0.25, 0.3) is 0 Å². The van der Waals surface area contributed by atoms with Gasteiger partial charge in [0.2, 0.25) is 6.10 Å². The third kappa shape index (κ3) is 2.67. The van der Waals surface area contributed by atoms with Crippen molar-refractivity contribution in [1.29, 1.82) is 0 Å². The molecule has 1 saturated carbocycles. The van der Waals surface area contributed by atoms with Crippen molar-refractivity contribution in [2.75, 3.05) is 6.61 Å². The fourth-order valence-corrected chi connectivity index (χ4v) is 2.46. The molecule has 0 N–H and O–H groups in total. The van der Waals surface area contributed by atoms with Crippen molar-refractivity contribution in [1.82, 2.24) is 0 Å². The smallest absolute Gasteiger partial charge is 0.400 e. The molecule has 0 spiro atoms. The van der Waals surface area contributed by atoms with E-state index in [9.17, 15) is 13.2 Å². The number of carbonyl (C=O) groups excluding carboxylic acids is 1. The van der Waals surface area contributed by atoms with Crippen molar-refractivity contribution >= 4 is 16.4 Å². The van der Waals surface area contributed by atoms with Crippen molar-refractivity contribution in [3.63, 3.8) is 0 Å². The van der Waals surface area contributed by atoms with Gasteiger partial charge >= 0.3 is 16.4 Å². The summed E-state index contributed by atoms with van der Waals surface area (Å²) in [5, 5.41) is 0. The number of rotatable bonds is 2. The Morgan fingerprint density at radius 3 is 2.47 bits per heavy atom. The van der Waals surface area contributed by atoms with Crippen molar-refractivity contribution < 1.29 is 26.3 Å². The normalized spacial score (nSPS) is 30.5. The number of hydrogen-bond acceptors (Lipinski definition) is 6. The van der Waals surface area contributed by atoms with Gasteiger partial charge in [-0.25, -0.2) is 13.2 Å². The van der Waals surface area contributed by atoms with E-state index in [-0.39, 0.29) is 12.7 Å². The molecular formula is C8H12O6S. The maximum atomic E-state index is 11.4. The molecule has 1 aliphatic carbocycles. The molecule has 7 heteroatoms. The SMILES string of the molecule is O=C(OC1CCCC1)C1COS(=O)(=O)O1. The van der Waals surface area contributed by atoms with Crippen LogP contribution < -0.4 is 0 Å². The summed E-state index contributed by atoms with van der Waals surface area (Å²) >= 11 is 0. The molecule has 86 valence electrons. The first-order valence-corrected chi connectivity index (χ1v) is 6.18. The summed E-state index contributed by atoms with van der Waals surface area (Å²) in [7, 11) is -3.97. The molecule has 2 fully saturated rings. The van der Waals surface area contributed by atoms with Crippen LogP contribution in [0.5, 0.6) is 0 Å². The maximum Gasteiger partial charge on any atom is 0.400 e.